The number of benzene rings is 1. The second-order valence-electron chi connectivity index (χ2n) is 4.89. The van der Waals surface area contributed by atoms with Crippen molar-refractivity contribution in [3.63, 3.8) is 0 Å². The second-order valence-corrected chi connectivity index (χ2v) is 4.89. The van der Waals surface area contributed by atoms with Gasteiger partial charge in [0, 0.05) is 6.42 Å². The monoisotopic (exact) mass is 192 g/mol. The maximum absolute atomic E-state index is 9.65. The summed E-state index contributed by atoms with van der Waals surface area (Å²) in [5.41, 5.74) is 1.94. The quantitative estimate of drug-likeness (QED) is 0.780. The zero-order valence-electron chi connectivity index (χ0n) is 9.54. The van der Waals surface area contributed by atoms with E-state index in [1.165, 1.54) is 11.1 Å². The molecule has 0 amide bonds. The summed E-state index contributed by atoms with van der Waals surface area (Å²) in [6.07, 6.45) is 0.714. The van der Waals surface area contributed by atoms with Gasteiger partial charge >= 0.3 is 0 Å². The molecule has 0 aliphatic heterocycles. The summed E-state index contributed by atoms with van der Waals surface area (Å²) >= 11 is 0. The molecule has 0 heterocycles. The van der Waals surface area contributed by atoms with Gasteiger partial charge in [0.05, 0.1) is 5.60 Å². The normalized spacial score (nSPS) is 12.1. The van der Waals surface area contributed by atoms with Crippen LogP contribution in [0.2, 0.25) is 0 Å². The highest BCUT2D eigenvalue weighted by Crippen LogP contribution is 2.17. The largest absolute Gasteiger partial charge is 0.390 e. The van der Waals surface area contributed by atoms with Crippen LogP contribution < -0.4 is 0 Å². The Hall–Kier alpha value is -0.820. The van der Waals surface area contributed by atoms with Gasteiger partial charge in [0.1, 0.15) is 0 Å². The van der Waals surface area contributed by atoms with Gasteiger partial charge in [-0.3, -0.25) is 0 Å². The summed E-state index contributed by atoms with van der Waals surface area (Å²) in [6.45, 7) is 8.04. The summed E-state index contributed by atoms with van der Waals surface area (Å²) in [5.74, 6) is 0.575. The van der Waals surface area contributed by atoms with Crippen LogP contribution in [0.15, 0.2) is 24.3 Å². The molecule has 0 aliphatic rings. The van der Waals surface area contributed by atoms with Crippen molar-refractivity contribution >= 4 is 0 Å². The number of aliphatic hydroxyl groups is 1. The van der Waals surface area contributed by atoms with E-state index >= 15 is 0 Å². The fourth-order valence-electron chi connectivity index (χ4n) is 1.52. The van der Waals surface area contributed by atoms with Crippen molar-refractivity contribution in [2.45, 2.75) is 45.6 Å². The smallest absolute Gasteiger partial charge is 0.0631 e. The summed E-state index contributed by atoms with van der Waals surface area (Å²) in [4.78, 5) is 0. The van der Waals surface area contributed by atoms with E-state index in [9.17, 15) is 5.11 Å². The molecule has 0 aliphatic carbocycles. The van der Waals surface area contributed by atoms with Crippen molar-refractivity contribution in [1.29, 1.82) is 0 Å². The molecule has 0 saturated carbocycles. The number of hydrogen-bond donors (Lipinski definition) is 1. The fraction of sp³-hybridized carbons (Fsp3) is 0.538. The molecule has 1 aromatic rings. The van der Waals surface area contributed by atoms with Crippen LogP contribution in [0.1, 0.15) is 44.7 Å². The van der Waals surface area contributed by atoms with Gasteiger partial charge < -0.3 is 5.11 Å². The highest BCUT2D eigenvalue weighted by molar-refractivity contribution is 5.25. The molecule has 0 fully saturated rings. The molecule has 1 heteroatoms. The predicted octanol–water partition coefficient (Wildman–Crippen LogP) is 3.12. The molecule has 1 rings (SSSR count). The third kappa shape index (κ3) is 3.51. The lowest BCUT2D eigenvalue weighted by molar-refractivity contribution is 0.0810. The van der Waals surface area contributed by atoms with Gasteiger partial charge in [-0.15, -0.1) is 0 Å². The van der Waals surface area contributed by atoms with E-state index in [0.717, 1.165) is 0 Å². The van der Waals surface area contributed by atoms with Crippen molar-refractivity contribution in [3.05, 3.63) is 35.4 Å². The fourth-order valence-corrected chi connectivity index (χ4v) is 1.52. The lowest BCUT2D eigenvalue weighted by Gasteiger charge is -2.17. The van der Waals surface area contributed by atoms with Gasteiger partial charge in [0.2, 0.25) is 0 Å². The van der Waals surface area contributed by atoms with E-state index in [1.807, 2.05) is 13.8 Å². The highest BCUT2D eigenvalue weighted by Gasteiger charge is 2.13. The van der Waals surface area contributed by atoms with Crippen LogP contribution in [0.3, 0.4) is 0 Å². The molecule has 78 valence electrons. The van der Waals surface area contributed by atoms with Crippen LogP contribution in [0, 0.1) is 0 Å². The maximum atomic E-state index is 9.65. The molecule has 1 nitrogen and oxygen atoms in total. The van der Waals surface area contributed by atoms with Gasteiger partial charge in [-0.05, 0) is 30.9 Å². The Morgan fingerprint density at radius 3 is 2.00 bits per heavy atom. The Bertz CT molecular complexity index is 277. The van der Waals surface area contributed by atoms with Crippen LogP contribution in [0.4, 0.5) is 0 Å². The third-order valence-corrected chi connectivity index (χ3v) is 2.28. The van der Waals surface area contributed by atoms with Crippen LogP contribution in [-0.4, -0.2) is 10.7 Å². The molecule has 0 aromatic heterocycles. The Labute approximate surface area is 86.8 Å². The topological polar surface area (TPSA) is 20.2 Å². The zero-order valence-corrected chi connectivity index (χ0v) is 9.54. The summed E-state index contributed by atoms with van der Waals surface area (Å²) in [5, 5.41) is 9.65. The van der Waals surface area contributed by atoms with Crippen molar-refractivity contribution in [2.75, 3.05) is 0 Å². The van der Waals surface area contributed by atoms with Gasteiger partial charge in [0.25, 0.3) is 0 Å². The summed E-state index contributed by atoms with van der Waals surface area (Å²) in [7, 11) is 0. The van der Waals surface area contributed by atoms with Crippen LogP contribution in [-0.2, 0) is 6.42 Å². The first-order chi connectivity index (χ1) is 6.38. The van der Waals surface area contributed by atoms with Gasteiger partial charge in [0.15, 0.2) is 0 Å². The number of rotatable bonds is 3. The van der Waals surface area contributed by atoms with E-state index in [-0.39, 0.29) is 0 Å². The van der Waals surface area contributed by atoms with Crippen molar-refractivity contribution in [3.8, 4) is 0 Å². The molecule has 0 atom stereocenters. The van der Waals surface area contributed by atoms with E-state index < -0.39 is 5.60 Å². The minimum Gasteiger partial charge on any atom is -0.390 e. The van der Waals surface area contributed by atoms with Crippen molar-refractivity contribution in [2.24, 2.45) is 0 Å². The SMILES string of the molecule is CC(C)c1ccc(CC(C)(C)O)cc1. The standard InChI is InChI=1S/C13H20O/c1-10(2)12-7-5-11(6-8-12)9-13(3,4)14/h5-8,10,14H,9H2,1-4H3. The second kappa shape index (κ2) is 4.14. The Balaban J connectivity index is 2.74. The Morgan fingerprint density at radius 1 is 1.14 bits per heavy atom. The van der Waals surface area contributed by atoms with Crippen molar-refractivity contribution in [1.82, 2.24) is 0 Å². The lowest BCUT2D eigenvalue weighted by atomic mass is 9.96. The van der Waals surface area contributed by atoms with Gasteiger partial charge in [-0.1, -0.05) is 38.1 Å². The molecule has 0 saturated heterocycles. The first kappa shape index (κ1) is 11.3. The molecule has 0 radical (unpaired) electrons. The minimum atomic E-state index is -0.612. The molecule has 0 bridgehead atoms. The van der Waals surface area contributed by atoms with E-state index in [2.05, 4.69) is 38.1 Å². The lowest BCUT2D eigenvalue weighted by Crippen LogP contribution is -2.21. The molecule has 1 N–H and O–H groups in total. The first-order valence-electron chi connectivity index (χ1n) is 5.20. The van der Waals surface area contributed by atoms with Gasteiger partial charge in [-0.25, -0.2) is 0 Å². The molecule has 14 heavy (non-hydrogen) atoms. The average molecular weight is 192 g/mol. The van der Waals surface area contributed by atoms with E-state index in [1.54, 1.807) is 0 Å². The van der Waals surface area contributed by atoms with E-state index in [4.69, 9.17) is 0 Å². The predicted molar refractivity (Wildman–Crippen MR) is 60.5 cm³/mol. The molecule has 0 spiro atoms. The van der Waals surface area contributed by atoms with Crippen LogP contribution in [0.5, 0.6) is 0 Å². The van der Waals surface area contributed by atoms with Crippen molar-refractivity contribution < 1.29 is 5.11 Å². The highest BCUT2D eigenvalue weighted by atomic mass is 16.3. The maximum Gasteiger partial charge on any atom is 0.0631 e. The zero-order chi connectivity index (χ0) is 10.8. The molecule has 0 unspecified atom stereocenters. The van der Waals surface area contributed by atoms with Crippen LogP contribution in [0.25, 0.3) is 0 Å². The first-order valence-corrected chi connectivity index (χ1v) is 5.20. The molecular formula is C13H20O. The minimum absolute atomic E-state index is 0.575. The molecular weight excluding hydrogens is 172 g/mol. The van der Waals surface area contributed by atoms with Gasteiger partial charge in [-0.2, -0.15) is 0 Å². The Morgan fingerprint density at radius 2 is 1.64 bits per heavy atom. The van der Waals surface area contributed by atoms with Crippen LogP contribution >= 0.6 is 0 Å². The summed E-state index contributed by atoms with van der Waals surface area (Å²) in [6, 6.07) is 8.50. The third-order valence-electron chi connectivity index (χ3n) is 2.28. The summed E-state index contributed by atoms with van der Waals surface area (Å²) < 4.78 is 0. The van der Waals surface area contributed by atoms with E-state index in [0.29, 0.717) is 12.3 Å². The number of hydrogen-bond acceptors (Lipinski definition) is 1. The average Bonchev–Trinajstić information content (AvgIpc) is 2.02. The molecule has 1 aromatic carbocycles. The Kier molecular flexibility index (Phi) is 3.33.